The summed E-state index contributed by atoms with van der Waals surface area (Å²) in [6.07, 6.45) is -5.11. The lowest BCUT2D eigenvalue weighted by Gasteiger charge is -2.22. The van der Waals surface area contributed by atoms with Crippen LogP contribution in [0.15, 0.2) is 66.7 Å². The Morgan fingerprint density at radius 2 is 1.32 bits per heavy atom. The highest BCUT2D eigenvalue weighted by molar-refractivity contribution is 7.27. The molecule has 44 heavy (non-hydrogen) atoms. The molecule has 0 aromatic heterocycles. The van der Waals surface area contributed by atoms with Gasteiger partial charge in [-0.05, 0) is 70.5 Å². The van der Waals surface area contributed by atoms with Crippen LogP contribution in [-0.2, 0) is 18.7 Å². The number of alkyl halides is 5. The zero-order valence-electron chi connectivity index (χ0n) is 23.3. The molecule has 1 nitrogen and oxygen atoms in total. The summed E-state index contributed by atoms with van der Waals surface area (Å²) in [5.41, 5.74) is -0.289. The normalized spacial score (nSPS) is 11.7. The number of aryl methyl sites for hydroxylation is 1. The average Bonchev–Trinajstić information content (AvgIpc) is 2.91. The van der Waals surface area contributed by atoms with Crippen molar-refractivity contribution in [3.8, 4) is 28.7 Å². The van der Waals surface area contributed by atoms with E-state index in [1.165, 1.54) is 17.7 Å². The molecule has 230 valence electrons. The highest BCUT2D eigenvalue weighted by atomic mass is 31.0. The Bertz CT molecular complexity index is 1670. The van der Waals surface area contributed by atoms with Crippen molar-refractivity contribution in [1.82, 2.24) is 0 Å². The average molecular weight is 653 g/mol. The molecular formula is C33H26F8OP2. The van der Waals surface area contributed by atoms with Gasteiger partial charge in [0.1, 0.15) is 28.8 Å². The zero-order valence-corrected chi connectivity index (χ0v) is 25.6. The molecule has 11 heteroatoms. The van der Waals surface area contributed by atoms with Gasteiger partial charge in [-0.1, -0.05) is 61.9 Å². The molecule has 0 aliphatic carbocycles. The van der Waals surface area contributed by atoms with Crippen LogP contribution in [0.4, 0.5) is 35.1 Å². The highest BCUT2D eigenvalue weighted by Gasteiger charge is 2.41. The van der Waals surface area contributed by atoms with Crippen LogP contribution in [0.1, 0.15) is 54.0 Å². The van der Waals surface area contributed by atoms with Crippen molar-refractivity contribution < 1.29 is 39.9 Å². The van der Waals surface area contributed by atoms with Crippen molar-refractivity contribution in [2.45, 2.75) is 44.9 Å². The van der Waals surface area contributed by atoms with Gasteiger partial charge in [0.15, 0.2) is 0 Å². The Balaban J connectivity index is 1.53. The van der Waals surface area contributed by atoms with Gasteiger partial charge in [0.2, 0.25) is 0 Å². The van der Waals surface area contributed by atoms with Crippen molar-refractivity contribution in [2.24, 2.45) is 0 Å². The number of hydrogen-bond acceptors (Lipinski definition) is 1. The number of ether oxygens (including phenoxy) is 1. The second-order valence-corrected chi connectivity index (χ2v) is 11.3. The number of benzene rings is 4. The molecule has 0 bridgehead atoms. The van der Waals surface area contributed by atoms with Crippen molar-refractivity contribution in [1.29, 1.82) is 0 Å². The quantitative estimate of drug-likeness (QED) is 0.0799. The molecule has 0 saturated heterocycles. The van der Waals surface area contributed by atoms with Gasteiger partial charge in [-0.25, -0.2) is 13.2 Å². The predicted octanol–water partition coefficient (Wildman–Crippen LogP) is 9.05. The van der Waals surface area contributed by atoms with Crippen molar-refractivity contribution in [3.63, 3.8) is 0 Å². The standard InChI is InChI=1S/C33H26F8OP2/c1-2-3-4-5-19-6-9-21(10-7-19)23-13-12-22(25(34)16-23)11-8-20-14-26(35)31(28(43)15-20)33(40,41)42-24-17-27(36)30(29(44)18-24)32(37,38)39/h6-7,9-10,12-18H,2-5,43-44H2,1H3. The van der Waals surface area contributed by atoms with Crippen LogP contribution < -0.4 is 15.3 Å². The third-order valence-corrected chi connectivity index (χ3v) is 7.61. The first-order valence-electron chi connectivity index (χ1n) is 13.4. The monoisotopic (exact) mass is 652 g/mol. The molecule has 4 aromatic carbocycles. The Morgan fingerprint density at radius 1 is 0.682 bits per heavy atom. The Hall–Kier alpha value is -3.46. The molecule has 0 N–H and O–H groups in total. The number of hydrogen-bond donors (Lipinski definition) is 0. The van der Waals surface area contributed by atoms with E-state index in [1.54, 1.807) is 15.3 Å². The van der Waals surface area contributed by atoms with Gasteiger partial charge in [-0.2, -0.15) is 22.0 Å². The zero-order chi connectivity index (χ0) is 32.2. The second kappa shape index (κ2) is 13.7. The highest BCUT2D eigenvalue weighted by Crippen LogP contribution is 2.37. The molecule has 2 unspecified atom stereocenters. The number of rotatable bonds is 8. The fourth-order valence-electron chi connectivity index (χ4n) is 4.54. The molecule has 0 amide bonds. The van der Waals surface area contributed by atoms with Crippen molar-refractivity contribution in [2.75, 3.05) is 0 Å². The van der Waals surface area contributed by atoms with Crippen LogP contribution in [0.5, 0.6) is 5.75 Å². The smallest absolute Gasteiger partial charge is 0.429 e. The van der Waals surface area contributed by atoms with E-state index in [4.69, 9.17) is 0 Å². The summed E-state index contributed by atoms with van der Waals surface area (Å²) in [4.78, 5) is 0. The molecule has 4 aromatic rings. The molecule has 0 heterocycles. The van der Waals surface area contributed by atoms with Crippen LogP contribution >= 0.6 is 18.5 Å². The molecule has 0 aliphatic rings. The molecule has 4 rings (SSSR count). The molecule has 0 aliphatic heterocycles. The van der Waals surface area contributed by atoms with E-state index in [-0.39, 0.29) is 22.5 Å². The van der Waals surface area contributed by atoms with Gasteiger partial charge in [-0.3, -0.25) is 0 Å². The van der Waals surface area contributed by atoms with Gasteiger partial charge in [-0.15, -0.1) is 18.5 Å². The lowest BCUT2D eigenvalue weighted by Crippen LogP contribution is -2.29. The van der Waals surface area contributed by atoms with Crippen LogP contribution in [0.25, 0.3) is 11.1 Å². The third kappa shape index (κ3) is 7.97. The summed E-state index contributed by atoms with van der Waals surface area (Å²) >= 11 is 0. The molecule has 0 spiro atoms. The minimum absolute atomic E-state index is 0.00552. The van der Waals surface area contributed by atoms with Crippen LogP contribution in [0.2, 0.25) is 0 Å². The molecule has 2 atom stereocenters. The Kier molecular flexibility index (Phi) is 10.4. The summed E-state index contributed by atoms with van der Waals surface area (Å²) in [5, 5.41) is -1.15. The predicted molar refractivity (Wildman–Crippen MR) is 162 cm³/mol. The maximum Gasteiger partial charge on any atom is 0.430 e. The molecule has 0 radical (unpaired) electrons. The van der Waals surface area contributed by atoms with Gasteiger partial charge < -0.3 is 4.74 Å². The first-order valence-corrected chi connectivity index (χ1v) is 14.6. The second-order valence-electron chi connectivity index (χ2n) is 10.0. The summed E-state index contributed by atoms with van der Waals surface area (Å²) in [7, 11) is 3.51. The van der Waals surface area contributed by atoms with Crippen LogP contribution in [-0.4, -0.2) is 0 Å². The summed E-state index contributed by atoms with van der Waals surface area (Å²) in [6.45, 7) is 2.14. The van der Waals surface area contributed by atoms with E-state index >= 15 is 0 Å². The molecular weight excluding hydrogens is 626 g/mol. The number of unbranched alkanes of at least 4 members (excludes halogenated alkanes) is 2. The SMILES string of the molecule is CCCCCc1ccc(-c2ccc(C#Cc3cc(F)c(C(F)(F)Oc4cc(F)c(C(F)(F)F)c(P)c4)c(P)c3)c(F)c2)cc1. The topological polar surface area (TPSA) is 9.23 Å². The molecule has 0 saturated carbocycles. The first-order chi connectivity index (χ1) is 20.7. The maximum atomic E-state index is 15.0. The number of halogens is 8. The van der Waals surface area contributed by atoms with E-state index < -0.39 is 51.9 Å². The van der Waals surface area contributed by atoms with Gasteiger partial charge in [0.05, 0.1) is 11.1 Å². The Morgan fingerprint density at radius 3 is 1.91 bits per heavy atom. The lowest BCUT2D eigenvalue weighted by molar-refractivity contribution is -0.186. The van der Waals surface area contributed by atoms with Gasteiger partial charge >= 0.3 is 12.3 Å². The van der Waals surface area contributed by atoms with E-state index in [2.05, 4.69) is 23.5 Å². The fourth-order valence-corrected chi connectivity index (χ4v) is 5.50. The van der Waals surface area contributed by atoms with Gasteiger partial charge in [0, 0.05) is 11.6 Å². The fraction of sp³-hybridized carbons (Fsp3) is 0.212. The van der Waals surface area contributed by atoms with Crippen molar-refractivity contribution in [3.05, 3.63) is 112 Å². The van der Waals surface area contributed by atoms with Gasteiger partial charge in [0.25, 0.3) is 0 Å². The van der Waals surface area contributed by atoms with E-state index in [0.717, 1.165) is 37.3 Å². The maximum absolute atomic E-state index is 15.0. The molecule has 0 fully saturated rings. The van der Waals surface area contributed by atoms with Crippen LogP contribution in [0, 0.1) is 29.3 Å². The largest absolute Gasteiger partial charge is 0.430 e. The Labute approximate surface area is 254 Å². The van der Waals surface area contributed by atoms with Crippen molar-refractivity contribution >= 4 is 29.1 Å². The summed E-state index contributed by atoms with van der Waals surface area (Å²) in [5.74, 6) is 0.281. The van der Waals surface area contributed by atoms with E-state index in [9.17, 15) is 35.1 Å². The first kappa shape index (κ1) is 33.4. The van der Waals surface area contributed by atoms with E-state index in [1.807, 2.05) is 33.5 Å². The summed E-state index contributed by atoms with van der Waals surface area (Å²) in [6, 6.07) is 14.8. The lowest BCUT2D eigenvalue weighted by atomic mass is 10.00. The van der Waals surface area contributed by atoms with Crippen LogP contribution in [0.3, 0.4) is 0 Å². The third-order valence-electron chi connectivity index (χ3n) is 6.70. The minimum atomic E-state index is -5.07. The minimum Gasteiger partial charge on any atom is -0.429 e. The summed E-state index contributed by atoms with van der Waals surface area (Å²) < 4.78 is 117. The van der Waals surface area contributed by atoms with E-state index in [0.29, 0.717) is 17.7 Å².